The molecule has 0 radical (unpaired) electrons. The molecule has 1 aromatic rings. The van der Waals surface area contributed by atoms with Crippen LogP contribution >= 0.6 is 11.6 Å². The summed E-state index contributed by atoms with van der Waals surface area (Å²) in [5, 5.41) is 7.76. The molecule has 0 atom stereocenters. The van der Waals surface area contributed by atoms with Crippen molar-refractivity contribution in [3.05, 3.63) is 23.1 Å². The highest BCUT2D eigenvalue weighted by atomic mass is 35.5. The summed E-state index contributed by atoms with van der Waals surface area (Å²) in [6.45, 7) is 0.788. The first-order chi connectivity index (χ1) is 7.79. The number of nitrogens with zero attached hydrogens (tertiary/aromatic N) is 3. The van der Waals surface area contributed by atoms with Gasteiger partial charge in [-0.05, 0) is 12.5 Å². The molecular weight excluding hydrogens is 230 g/mol. The van der Waals surface area contributed by atoms with E-state index in [0.29, 0.717) is 11.5 Å². The summed E-state index contributed by atoms with van der Waals surface area (Å²) in [7, 11) is 1.52. The fraction of sp³-hybridized carbons (Fsp3) is 0.300. The highest BCUT2D eigenvalue weighted by Crippen LogP contribution is 2.26. The zero-order valence-corrected chi connectivity index (χ0v) is 9.44. The van der Waals surface area contributed by atoms with Gasteiger partial charge in [0.1, 0.15) is 5.76 Å². The Bertz CT molecular complexity index is 446. The van der Waals surface area contributed by atoms with Crippen molar-refractivity contribution in [2.45, 2.75) is 6.42 Å². The summed E-state index contributed by atoms with van der Waals surface area (Å²) >= 11 is 5.69. The second kappa shape index (κ2) is 4.94. The first-order valence-corrected chi connectivity index (χ1v) is 5.12. The highest BCUT2D eigenvalue weighted by molar-refractivity contribution is 6.29. The van der Waals surface area contributed by atoms with E-state index in [9.17, 15) is 0 Å². The van der Waals surface area contributed by atoms with Crippen molar-refractivity contribution < 1.29 is 9.47 Å². The maximum atomic E-state index is 5.69. The normalized spacial score (nSPS) is 14.5. The lowest BCUT2D eigenvalue weighted by atomic mass is 10.3. The molecule has 0 amide bonds. The van der Waals surface area contributed by atoms with Gasteiger partial charge in [-0.3, -0.25) is 4.99 Å². The number of ether oxygens (including phenoxy) is 2. The van der Waals surface area contributed by atoms with Crippen LogP contribution in [0.5, 0.6) is 11.6 Å². The molecule has 0 fully saturated rings. The highest BCUT2D eigenvalue weighted by Gasteiger charge is 2.10. The standard InChI is InChI=1S/C10H10ClN3O2/c1-15-8-5-9(11)13-14-10(8)16-7-3-2-4-12-6-7/h3,5-6H,2,4H2,1H3. The molecule has 6 heteroatoms. The molecule has 1 aliphatic rings. The lowest BCUT2D eigenvalue weighted by Crippen LogP contribution is -2.05. The Morgan fingerprint density at radius 3 is 2.94 bits per heavy atom. The number of aliphatic imine (C=N–C) groups is 1. The molecule has 0 unspecified atom stereocenters. The van der Waals surface area contributed by atoms with Gasteiger partial charge < -0.3 is 9.47 Å². The van der Waals surface area contributed by atoms with Crippen LogP contribution in [0.4, 0.5) is 0 Å². The number of aromatic nitrogens is 2. The zero-order valence-electron chi connectivity index (χ0n) is 8.68. The molecular formula is C10H10ClN3O2. The third-order valence-corrected chi connectivity index (χ3v) is 2.14. The maximum Gasteiger partial charge on any atom is 0.281 e. The molecule has 0 saturated carbocycles. The van der Waals surface area contributed by atoms with E-state index in [2.05, 4.69) is 15.2 Å². The zero-order chi connectivity index (χ0) is 11.4. The molecule has 84 valence electrons. The van der Waals surface area contributed by atoms with Gasteiger partial charge in [0.2, 0.25) is 0 Å². The lowest BCUT2D eigenvalue weighted by molar-refractivity contribution is 0.355. The molecule has 0 N–H and O–H groups in total. The molecule has 0 aromatic carbocycles. The maximum absolute atomic E-state index is 5.69. The second-order valence-electron chi connectivity index (χ2n) is 3.07. The fourth-order valence-corrected chi connectivity index (χ4v) is 1.36. The van der Waals surface area contributed by atoms with E-state index in [1.54, 1.807) is 12.3 Å². The van der Waals surface area contributed by atoms with E-state index in [4.69, 9.17) is 21.1 Å². The third-order valence-electron chi connectivity index (χ3n) is 1.95. The van der Waals surface area contributed by atoms with Gasteiger partial charge in [0.15, 0.2) is 10.9 Å². The van der Waals surface area contributed by atoms with Crippen LogP contribution < -0.4 is 9.47 Å². The number of methoxy groups -OCH3 is 1. The predicted octanol–water partition coefficient (Wildman–Crippen LogP) is 1.88. The van der Waals surface area contributed by atoms with Gasteiger partial charge in [-0.25, -0.2) is 0 Å². The molecule has 0 saturated heterocycles. The predicted molar refractivity (Wildman–Crippen MR) is 60.3 cm³/mol. The Morgan fingerprint density at radius 2 is 2.25 bits per heavy atom. The van der Waals surface area contributed by atoms with Gasteiger partial charge in [-0.1, -0.05) is 11.6 Å². The third kappa shape index (κ3) is 2.49. The molecule has 16 heavy (non-hydrogen) atoms. The Kier molecular flexibility index (Phi) is 3.36. The topological polar surface area (TPSA) is 56.6 Å². The van der Waals surface area contributed by atoms with Crippen molar-refractivity contribution in [1.82, 2.24) is 10.2 Å². The molecule has 1 aliphatic heterocycles. The number of rotatable bonds is 3. The van der Waals surface area contributed by atoms with Crippen molar-refractivity contribution in [3.63, 3.8) is 0 Å². The van der Waals surface area contributed by atoms with E-state index in [1.165, 1.54) is 7.11 Å². The van der Waals surface area contributed by atoms with Crippen LogP contribution in [0, 0.1) is 0 Å². The SMILES string of the molecule is COc1cc(Cl)nnc1OC1=CCCN=C1. The van der Waals surface area contributed by atoms with E-state index in [1.807, 2.05) is 6.08 Å². The van der Waals surface area contributed by atoms with Gasteiger partial charge in [0.05, 0.1) is 13.3 Å². The Morgan fingerprint density at radius 1 is 1.38 bits per heavy atom. The monoisotopic (exact) mass is 239 g/mol. The van der Waals surface area contributed by atoms with E-state index in [-0.39, 0.29) is 11.0 Å². The largest absolute Gasteiger partial charge is 0.491 e. The summed E-state index contributed by atoms with van der Waals surface area (Å²) in [5.74, 6) is 1.37. The minimum absolute atomic E-state index is 0.260. The van der Waals surface area contributed by atoms with Crippen LogP contribution in [-0.2, 0) is 0 Å². The van der Waals surface area contributed by atoms with E-state index < -0.39 is 0 Å². The Labute approximate surface area is 97.8 Å². The summed E-state index contributed by atoms with van der Waals surface area (Å²) in [6.07, 6.45) is 4.44. The van der Waals surface area contributed by atoms with Crippen LogP contribution in [0.3, 0.4) is 0 Å². The van der Waals surface area contributed by atoms with Crippen LogP contribution in [0.1, 0.15) is 6.42 Å². The van der Waals surface area contributed by atoms with Crippen LogP contribution in [0.15, 0.2) is 22.9 Å². The van der Waals surface area contributed by atoms with Crippen molar-refractivity contribution >= 4 is 17.8 Å². The average Bonchev–Trinajstić information content (AvgIpc) is 2.33. The van der Waals surface area contributed by atoms with Gasteiger partial charge >= 0.3 is 0 Å². The smallest absolute Gasteiger partial charge is 0.281 e. The van der Waals surface area contributed by atoms with Crippen LogP contribution in [0.2, 0.25) is 5.15 Å². The van der Waals surface area contributed by atoms with Crippen molar-refractivity contribution in [2.75, 3.05) is 13.7 Å². The summed E-state index contributed by atoms with van der Waals surface area (Å²) in [4.78, 5) is 4.09. The molecule has 2 heterocycles. The van der Waals surface area contributed by atoms with Gasteiger partial charge in [0, 0.05) is 12.6 Å². The number of hydrogen-bond acceptors (Lipinski definition) is 5. The van der Waals surface area contributed by atoms with Gasteiger partial charge in [-0.15, -0.1) is 10.2 Å². The van der Waals surface area contributed by atoms with E-state index >= 15 is 0 Å². The minimum Gasteiger partial charge on any atom is -0.491 e. The number of hydrogen-bond donors (Lipinski definition) is 0. The first-order valence-electron chi connectivity index (χ1n) is 4.74. The molecule has 2 rings (SSSR count). The number of dihydropyridines is 1. The van der Waals surface area contributed by atoms with Crippen molar-refractivity contribution in [2.24, 2.45) is 4.99 Å². The van der Waals surface area contributed by atoms with Crippen molar-refractivity contribution in [1.29, 1.82) is 0 Å². The molecule has 5 nitrogen and oxygen atoms in total. The molecule has 0 bridgehead atoms. The van der Waals surface area contributed by atoms with Gasteiger partial charge in [-0.2, -0.15) is 0 Å². The van der Waals surface area contributed by atoms with Crippen LogP contribution in [-0.4, -0.2) is 30.1 Å². The number of halogens is 1. The Balaban J connectivity index is 2.20. The van der Waals surface area contributed by atoms with Crippen LogP contribution in [0.25, 0.3) is 0 Å². The van der Waals surface area contributed by atoms with E-state index in [0.717, 1.165) is 13.0 Å². The first kappa shape index (κ1) is 10.9. The molecule has 0 spiro atoms. The lowest BCUT2D eigenvalue weighted by Gasteiger charge is -2.10. The molecule has 1 aromatic heterocycles. The average molecular weight is 240 g/mol. The Hall–Kier alpha value is -1.62. The summed E-state index contributed by atoms with van der Waals surface area (Å²) < 4.78 is 10.6. The summed E-state index contributed by atoms with van der Waals surface area (Å²) in [5.41, 5.74) is 0. The molecule has 0 aliphatic carbocycles. The van der Waals surface area contributed by atoms with Crippen molar-refractivity contribution in [3.8, 4) is 11.6 Å². The fourth-order valence-electron chi connectivity index (χ4n) is 1.23. The second-order valence-corrected chi connectivity index (χ2v) is 3.46. The quantitative estimate of drug-likeness (QED) is 0.808. The van der Waals surface area contributed by atoms with Gasteiger partial charge in [0.25, 0.3) is 5.88 Å². The summed E-state index contributed by atoms with van der Waals surface area (Å²) in [6, 6.07) is 1.55. The minimum atomic E-state index is 0.260. The number of allylic oxidation sites excluding steroid dienone is 1.